The molecule has 5 heteroatoms. The topological polar surface area (TPSA) is 78.4 Å². The van der Waals surface area contributed by atoms with E-state index in [9.17, 15) is 9.59 Å². The molecule has 0 saturated heterocycles. The van der Waals surface area contributed by atoms with Gasteiger partial charge in [0, 0.05) is 6.04 Å². The van der Waals surface area contributed by atoms with Gasteiger partial charge in [-0.3, -0.25) is 0 Å². The Labute approximate surface area is 103 Å². The third-order valence-corrected chi connectivity index (χ3v) is 2.87. The lowest BCUT2D eigenvalue weighted by Gasteiger charge is -2.29. The van der Waals surface area contributed by atoms with Crippen LogP contribution in [0.5, 0.6) is 0 Å². The number of carbonyl (C=O) groups excluding carboxylic acids is 1. The van der Waals surface area contributed by atoms with Crippen molar-refractivity contribution in [1.82, 2.24) is 10.6 Å². The van der Waals surface area contributed by atoms with Gasteiger partial charge in [-0.2, -0.15) is 0 Å². The van der Waals surface area contributed by atoms with Crippen LogP contribution in [0.2, 0.25) is 0 Å². The molecule has 0 aromatic rings. The molecule has 0 aliphatic heterocycles. The maximum atomic E-state index is 11.6. The molecule has 0 radical (unpaired) electrons. The summed E-state index contributed by atoms with van der Waals surface area (Å²) in [6.45, 7) is 11.4. The molecule has 100 valence electrons. The van der Waals surface area contributed by atoms with Crippen molar-refractivity contribution in [2.45, 2.75) is 53.6 Å². The maximum Gasteiger partial charge on any atom is 0.326 e. The minimum atomic E-state index is -1.02. The maximum absolute atomic E-state index is 11.6. The van der Waals surface area contributed by atoms with Crippen LogP contribution >= 0.6 is 0 Å². The minimum absolute atomic E-state index is 0.0379. The Morgan fingerprint density at radius 2 is 1.53 bits per heavy atom. The van der Waals surface area contributed by atoms with Crippen molar-refractivity contribution in [3.63, 3.8) is 0 Å². The number of carboxylic acid groups (broad SMARTS) is 1. The number of carboxylic acids is 1. The summed E-state index contributed by atoms with van der Waals surface area (Å²) in [5, 5.41) is 14.2. The van der Waals surface area contributed by atoms with E-state index in [-0.39, 0.29) is 17.4 Å². The van der Waals surface area contributed by atoms with Crippen LogP contribution in [-0.4, -0.2) is 29.2 Å². The number of hydrogen-bond donors (Lipinski definition) is 3. The van der Waals surface area contributed by atoms with Gasteiger partial charge in [0.2, 0.25) is 0 Å². The second kappa shape index (κ2) is 5.89. The third-order valence-electron chi connectivity index (χ3n) is 2.87. The van der Waals surface area contributed by atoms with Gasteiger partial charge in [0.15, 0.2) is 0 Å². The van der Waals surface area contributed by atoms with Gasteiger partial charge >= 0.3 is 12.0 Å². The van der Waals surface area contributed by atoms with Crippen molar-refractivity contribution in [3.8, 4) is 0 Å². The highest BCUT2D eigenvalue weighted by Gasteiger charge is 2.26. The zero-order valence-electron chi connectivity index (χ0n) is 11.5. The summed E-state index contributed by atoms with van der Waals surface area (Å²) >= 11 is 0. The highest BCUT2D eigenvalue weighted by Crippen LogP contribution is 2.18. The molecule has 17 heavy (non-hydrogen) atoms. The number of urea groups is 1. The highest BCUT2D eigenvalue weighted by atomic mass is 16.4. The van der Waals surface area contributed by atoms with E-state index in [1.165, 1.54) is 0 Å². The Bertz CT molecular complexity index is 282. The first kappa shape index (κ1) is 15.7. The number of rotatable bonds is 4. The van der Waals surface area contributed by atoms with Crippen LogP contribution < -0.4 is 10.6 Å². The Morgan fingerprint density at radius 3 is 1.82 bits per heavy atom. The molecular formula is C12H24N2O3. The molecule has 2 amide bonds. The third kappa shape index (κ3) is 5.56. The van der Waals surface area contributed by atoms with Crippen molar-refractivity contribution < 1.29 is 14.7 Å². The lowest BCUT2D eigenvalue weighted by Crippen LogP contribution is -2.52. The van der Waals surface area contributed by atoms with Crippen LogP contribution in [0.25, 0.3) is 0 Å². The summed E-state index contributed by atoms with van der Waals surface area (Å²) in [5.41, 5.74) is -0.0616. The number of amides is 2. The molecule has 0 heterocycles. The van der Waals surface area contributed by atoms with Crippen molar-refractivity contribution in [2.75, 3.05) is 0 Å². The first-order valence-electron chi connectivity index (χ1n) is 5.85. The fourth-order valence-corrected chi connectivity index (χ4v) is 1.11. The molecule has 0 aliphatic rings. The van der Waals surface area contributed by atoms with E-state index in [4.69, 9.17) is 5.11 Å². The van der Waals surface area contributed by atoms with Gasteiger partial charge in [-0.15, -0.1) is 0 Å². The Morgan fingerprint density at radius 1 is 1.06 bits per heavy atom. The Kier molecular flexibility index (Phi) is 5.45. The molecule has 3 N–H and O–H groups in total. The molecule has 0 aromatic carbocycles. The van der Waals surface area contributed by atoms with E-state index < -0.39 is 18.0 Å². The smallest absolute Gasteiger partial charge is 0.326 e. The molecule has 1 unspecified atom stereocenters. The fraction of sp³-hybridized carbons (Fsp3) is 0.833. The largest absolute Gasteiger partial charge is 0.480 e. The molecule has 0 saturated carbocycles. The van der Waals surface area contributed by atoms with Gasteiger partial charge < -0.3 is 15.7 Å². The molecule has 2 atom stereocenters. The molecule has 5 nitrogen and oxygen atoms in total. The summed E-state index contributed by atoms with van der Waals surface area (Å²) in [7, 11) is 0. The highest BCUT2D eigenvalue weighted by molar-refractivity contribution is 5.82. The summed E-state index contributed by atoms with van der Waals surface area (Å²) in [4.78, 5) is 22.6. The van der Waals surface area contributed by atoms with Gasteiger partial charge in [-0.25, -0.2) is 9.59 Å². The van der Waals surface area contributed by atoms with Crippen molar-refractivity contribution in [2.24, 2.45) is 11.3 Å². The van der Waals surface area contributed by atoms with Crippen molar-refractivity contribution in [1.29, 1.82) is 0 Å². The average molecular weight is 244 g/mol. The van der Waals surface area contributed by atoms with Crippen LogP contribution in [-0.2, 0) is 4.79 Å². The first-order chi connectivity index (χ1) is 7.55. The number of hydrogen-bond acceptors (Lipinski definition) is 2. The monoisotopic (exact) mass is 244 g/mol. The fourth-order valence-electron chi connectivity index (χ4n) is 1.11. The normalized spacial score (nSPS) is 15.2. The van der Waals surface area contributed by atoms with E-state index in [0.29, 0.717) is 0 Å². The van der Waals surface area contributed by atoms with Gasteiger partial charge in [0.25, 0.3) is 0 Å². The lowest BCUT2D eigenvalue weighted by molar-refractivity contribution is -0.140. The number of aliphatic carboxylic acids is 1. The molecule has 0 rings (SSSR count). The molecule has 0 aliphatic carbocycles. The van der Waals surface area contributed by atoms with E-state index in [2.05, 4.69) is 10.6 Å². The second-order valence-electron chi connectivity index (χ2n) is 5.77. The molecule has 0 aromatic heterocycles. The molecule has 0 spiro atoms. The van der Waals surface area contributed by atoms with Crippen LogP contribution in [0.1, 0.15) is 41.5 Å². The summed E-state index contributed by atoms with van der Waals surface area (Å²) < 4.78 is 0. The second-order valence-corrected chi connectivity index (χ2v) is 5.77. The van der Waals surface area contributed by atoms with E-state index in [1.54, 1.807) is 13.8 Å². The molecule has 0 fully saturated rings. The van der Waals surface area contributed by atoms with Crippen LogP contribution in [0.4, 0.5) is 4.79 Å². The lowest BCUT2D eigenvalue weighted by atomic mass is 9.88. The predicted octanol–water partition coefficient (Wildman–Crippen LogP) is 1.83. The number of carbonyl (C=O) groups is 2. The molecular weight excluding hydrogens is 220 g/mol. The summed E-state index contributed by atoms with van der Waals surface area (Å²) in [6.07, 6.45) is 0. The summed E-state index contributed by atoms with van der Waals surface area (Å²) in [5.74, 6) is -1.17. The first-order valence-corrected chi connectivity index (χ1v) is 5.85. The van der Waals surface area contributed by atoms with Gasteiger partial charge in [0.1, 0.15) is 6.04 Å². The Hall–Kier alpha value is -1.26. The van der Waals surface area contributed by atoms with Gasteiger partial charge in [-0.1, -0.05) is 34.6 Å². The van der Waals surface area contributed by atoms with Crippen molar-refractivity contribution >= 4 is 12.0 Å². The molecule has 0 bridgehead atoms. The average Bonchev–Trinajstić information content (AvgIpc) is 2.11. The van der Waals surface area contributed by atoms with Crippen LogP contribution in [0.3, 0.4) is 0 Å². The van der Waals surface area contributed by atoms with E-state index in [1.807, 2.05) is 27.7 Å². The minimum Gasteiger partial charge on any atom is -0.480 e. The zero-order chi connectivity index (χ0) is 13.8. The SMILES string of the molecule is CC(C)[C@@H](NC(=O)NC(C)C(C)(C)C)C(=O)O. The van der Waals surface area contributed by atoms with Gasteiger partial charge in [0.05, 0.1) is 0 Å². The van der Waals surface area contributed by atoms with Crippen LogP contribution in [0, 0.1) is 11.3 Å². The number of nitrogens with one attached hydrogen (secondary N) is 2. The zero-order valence-corrected chi connectivity index (χ0v) is 11.5. The van der Waals surface area contributed by atoms with E-state index in [0.717, 1.165) is 0 Å². The predicted molar refractivity (Wildman–Crippen MR) is 66.8 cm³/mol. The van der Waals surface area contributed by atoms with Gasteiger partial charge in [-0.05, 0) is 18.3 Å². The summed E-state index contributed by atoms with van der Waals surface area (Å²) in [6, 6.07) is -1.33. The quantitative estimate of drug-likeness (QED) is 0.706. The Balaban J connectivity index is 4.40. The standard InChI is InChI=1S/C12H24N2O3/c1-7(2)9(10(15)16)14-11(17)13-8(3)12(4,5)6/h7-9H,1-6H3,(H,15,16)(H2,13,14,17)/t8?,9-/m1/s1. The van der Waals surface area contributed by atoms with Crippen molar-refractivity contribution in [3.05, 3.63) is 0 Å². The van der Waals surface area contributed by atoms with Crippen LogP contribution in [0.15, 0.2) is 0 Å². The van der Waals surface area contributed by atoms with E-state index >= 15 is 0 Å².